The van der Waals surface area contributed by atoms with Gasteiger partial charge in [0.25, 0.3) is 0 Å². The molecule has 1 saturated heterocycles. The van der Waals surface area contributed by atoms with E-state index in [0.29, 0.717) is 0 Å². The molecular weight excluding hydrogens is 210 g/mol. The summed E-state index contributed by atoms with van der Waals surface area (Å²) in [7, 11) is 0. The number of fused-ring (bicyclic) bond motifs is 2. The maximum Gasteiger partial charge on any atom is 0.128 e. The maximum absolute atomic E-state index is 5.80. The Kier molecular flexibility index (Phi) is 2.79. The highest BCUT2D eigenvalue weighted by Crippen LogP contribution is 2.39. The van der Waals surface area contributed by atoms with Gasteiger partial charge in [0.1, 0.15) is 5.82 Å². The SMILES string of the molecule is CC(N)Cc1ccc(N2CC3CCC2C3)nc1. The highest BCUT2D eigenvalue weighted by atomic mass is 15.2. The molecule has 2 N–H and O–H groups in total. The Morgan fingerprint density at radius 2 is 2.35 bits per heavy atom. The molecule has 3 heteroatoms. The Bertz CT molecular complexity index is 385. The van der Waals surface area contributed by atoms with Gasteiger partial charge in [-0.15, -0.1) is 0 Å². The zero-order valence-electron chi connectivity index (χ0n) is 10.5. The second-order valence-electron chi connectivity index (χ2n) is 5.69. The van der Waals surface area contributed by atoms with E-state index in [2.05, 4.69) is 22.0 Å². The van der Waals surface area contributed by atoms with E-state index in [1.807, 2.05) is 13.1 Å². The Labute approximate surface area is 103 Å². The molecule has 1 aliphatic heterocycles. The van der Waals surface area contributed by atoms with Crippen LogP contribution in [-0.4, -0.2) is 23.6 Å². The lowest BCUT2D eigenvalue weighted by Crippen LogP contribution is -2.32. The van der Waals surface area contributed by atoms with Crippen molar-refractivity contribution in [3.8, 4) is 0 Å². The molecule has 0 aromatic carbocycles. The molecule has 2 bridgehead atoms. The molecule has 0 spiro atoms. The molecular formula is C14H21N3. The summed E-state index contributed by atoms with van der Waals surface area (Å²) in [6.45, 7) is 3.25. The molecule has 0 amide bonds. The van der Waals surface area contributed by atoms with Gasteiger partial charge in [-0.3, -0.25) is 0 Å². The van der Waals surface area contributed by atoms with E-state index in [1.165, 1.54) is 31.4 Å². The van der Waals surface area contributed by atoms with E-state index >= 15 is 0 Å². The van der Waals surface area contributed by atoms with Crippen LogP contribution in [0.25, 0.3) is 0 Å². The van der Waals surface area contributed by atoms with Gasteiger partial charge in [0.05, 0.1) is 0 Å². The third-order valence-electron chi connectivity index (χ3n) is 4.07. The molecule has 3 atom stereocenters. The van der Waals surface area contributed by atoms with Crippen molar-refractivity contribution in [1.29, 1.82) is 0 Å². The molecule has 2 aliphatic rings. The molecule has 1 saturated carbocycles. The number of pyridine rings is 1. The molecule has 3 nitrogen and oxygen atoms in total. The molecule has 1 aromatic heterocycles. The van der Waals surface area contributed by atoms with Crippen LogP contribution in [0.3, 0.4) is 0 Å². The standard InChI is InChI=1S/C14H21N3/c1-10(15)6-11-3-5-14(16-8-11)17-9-12-2-4-13(17)7-12/h3,5,8,10,12-13H,2,4,6-7,9,15H2,1H3. The summed E-state index contributed by atoms with van der Waals surface area (Å²) in [6, 6.07) is 5.31. The van der Waals surface area contributed by atoms with Gasteiger partial charge in [0.2, 0.25) is 0 Å². The summed E-state index contributed by atoms with van der Waals surface area (Å²) in [5, 5.41) is 0. The molecule has 3 unspecified atom stereocenters. The Hall–Kier alpha value is -1.09. The van der Waals surface area contributed by atoms with Crippen LogP contribution >= 0.6 is 0 Å². The van der Waals surface area contributed by atoms with Gasteiger partial charge in [-0.05, 0) is 50.2 Å². The molecule has 92 valence electrons. The van der Waals surface area contributed by atoms with Gasteiger partial charge < -0.3 is 10.6 Å². The zero-order valence-corrected chi connectivity index (χ0v) is 10.5. The summed E-state index contributed by atoms with van der Waals surface area (Å²) in [4.78, 5) is 7.09. The third-order valence-corrected chi connectivity index (χ3v) is 4.07. The average molecular weight is 231 g/mol. The number of nitrogens with zero attached hydrogens (tertiary/aromatic N) is 2. The quantitative estimate of drug-likeness (QED) is 0.864. The minimum Gasteiger partial charge on any atom is -0.353 e. The lowest BCUT2D eigenvalue weighted by Gasteiger charge is -2.28. The molecule has 17 heavy (non-hydrogen) atoms. The molecule has 0 radical (unpaired) electrons. The Morgan fingerprint density at radius 3 is 2.88 bits per heavy atom. The number of hydrogen-bond acceptors (Lipinski definition) is 3. The number of hydrogen-bond donors (Lipinski definition) is 1. The third kappa shape index (κ3) is 2.16. The van der Waals surface area contributed by atoms with Crippen molar-refractivity contribution < 1.29 is 0 Å². The van der Waals surface area contributed by atoms with Crippen molar-refractivity contribution in [3.63, 3.8) is 0 Å². The summed E-state index contributed by atoms with van der Waals surface area (Å²) in [5.74, 6) is 2.08. The van der Waals surface area contributed by atoms with Gasteiger partial charge in [-0.25, -0.2) is 4.98 Å². The smallest absolute Gasteiger partial charge is 0.128 e. The number of piperidine rings is 1. The second-order valence-corrected chi connectivity index (χ2v) is 5.69. The van der Waals surface area contributed by atoms with Gasteiger partial charge in [0, 0.05) is 24.8 Å². The van der Waals surface area contributed by atoms with Gasteiger partial charge in [-0.2, -0.15) is 0 Å². The van der Waals surface area contributed by atoms with Gasteiger partial charge in [0.15, 0.2) is 0 Å². The van der Waals surface area contributed by atoms with E-state index in [1.54, 1.807) is 0 Å². The monoisotopic (exact) mass is 231 g/mol. The zero-order chi connectivity index (χ0) is 11.8. The summed E-state index contributed by atoms with van der Waals surface area (Å²) < 4.78 is 0. The molecule has 1 aliphatic carbocycles. The highest BCUT2D eigenvalue weighted by molar-refractivity contribution is 5.43. The van der Waals surface area contributed by atoms with Crippen LogP contribution in [0.5, 0.6) is 0 Å². The van der Waals surface area contributed by atoms with E-state index in [0.717, 1.165) is 24.2 Å². The highest BCUT2D eigenvalue weighted by Gasteiger charge is 2.38. The second kappa shape index (κ2) is 4.30. The first kappa shape index (κ1) is 11.0. The fraction of sp³-hybridized carbons (Fsp3) is 0.643. The largest absolute Gasteiger partial charge is 0.353 e. The van der Waals surface area contributed by atoms with Crippen LogP contribution < -0.4 is 10.6 Å². The van der Waals surface area contributed by atoms with Crippen molar-refractivity contribution in [2.45, 2.75) is 44.7 Å². The maximum atomic E-state index is 5.80. The lowest BCUT2D eigenvalue weighted by atomic mass is 10.1. The molecule has 1 aromatic rings. The Morgan fingerprint density at radius 1 is 1.47 bits per heavy atom. The van der Waals surface area contributed by atoms with Crippen molar-refractivity contribution in [2.24, 2.45) is 11.7 Å². The molecule has 2 heterocycles. The van der Waals surface area contributed by atoms with E-state index in [9.17, 15) is 0 Å². The van der Waals surface area contributed by atoms with Crippen molar-refractivity contribution in [2.75, 3.05) is 11.4 Å². The van der Waals surface area contributed by atoms with Crippen molar-refractivity contribution >= 4 is 5.82 Å². The fourth-order valence-electron chi connectivity index (χ4n) is 3.28. The first-order valence-corrected chi connectivity index (χ1v) is 6.69. The van der Waals surface area contributed by atoms with Crippen LogP contribution in [0.15, 0.2) is 18.3 Å². The first-order valence-electron chi connectivity index (χ1n) is 6.69. The van der Waals surface area contributed by atoms with E-state index in [4.69, 9.17) is 5.73 Å². The first-order chi connectivity index (χ1) is 8.22. The Balaban J connectivity index is 1.72. The minimum absolute atomic E-state index is 0.213. The number of rotatable bonds is 3. The van der Waals surface area contributed by atoms with E-state index in [-0.39, 0.29) is 6.04 Å². The average Bonchev–Trinajstić information content (AvgIpc) is 2.91. The summed E-state index contributed by atoms with van der Waals surface area (Å²) >= 11 is 0. The van der Waals surface area contributed by atoms with Gasteiger partial charge in [-0.1, -0.05) is 6.07 Å². The fourth-order valence-corrected chi connectivity index (χ4v) is 3.28. The number of anilines is 1. The number of aromatic nitrogens is 1. The van der Waals surface area contributed by atoms with Crippen LogP contribution in [0.1, 0.15) is 31.7 Å². The van der Waals surface area contributed by atoms with Crippen molar-refractivity contribution in [1.82, 2.24) is 4.98 Å². The van der Waals surface area contributed by atoms with Crippen LogP contribution in [0.4, 0.5) is 5.82 Å². The van der Waals surface area contributed by atoms with Crippen LogP contribution in [0, 0.1) is 5.92 Å². The topological polar surface area (TPSA) is 42.1 Å². The molecule has 2 fully saturated rings. The normalized spacial score (nSPS) is 28.7. The lowest BCUT2D eigenvalue weighted by molar-refractivity contribution is 0.550. The predicted octanol–water partition coefficient (Wildman–Crippen LogP) is 1.96. The van der Waals surface area contributed by atoms with Crippen molar-refractivity contribution in [3.05, 3.63) is 23.9 Å². The number of nitrogens with two attached hydrogens (primary N) is 1. The summed E-state index contributed by atoms with van der Waals surface area (Å²) in [6.07, 6.45) is 7.06. The van der Waals surface area contributed by atoms with Crippen LogP contribution in [-0.2, 0) is 6.42 Å². The van der Waals surface area contributed by atoms with Gasteiger partial charge >= 0.3 is 0 Å². The predicted molar refractivity (Wildman–Crippen MR) is 70.1 cm³/mol. The summed E-state index contributed by atoms with van der Waals surface area (Å²) in [5.41, 5.74) is 7.04. The minimum atomic E-state index is 0.213. The van der Waals surface area contributed by atoms with E-state index < -0.39 is 0 Å². The molecule has 3 rings (SSSR count). The van der Waals surface area contributed by atoms with Crippen LogP contribution in [0.2, 0.25) is 0 Å².